The van der Waals surface area contributed by atoms with E-state index >= 15 is 0 Å². The van der Waals surface area contributed by atoms with Gasteiger partial charge in [-0.2, -0.15) is 0 Å². The molecule has 0 atom stereocenters. The molecule has 0 saturated heterocycles. The molecule has 1 aromatic rings. The average Bonchev–Trinajstić information content (AvgIpc) is 2.39. The number of benzene rings is 1. The Bertz CT molecular complexity index is 435. The van der Waals surface area contributed by atoms with Crippen molar-refractivity contribution in [2.24, 2.45) is 5.73 Å². The summed E-state index contributed by atoms with van der Waals surface area (Å²) in [5.74, 6) is 0. The van der Waals surface area contributed by atoms with Gasteiger partial charge in [0.15, 0.2) is 0 Å². The maximum absolute atomic E-state index is 9.29. The third kappa shape index (κ3) is 4.06. The predicted molar refractivity (Wildman–Crippen MR) is 86.1 cm³/mol. The quantitative estimate of drug-likeness (QED) is 0.760. The van der Waals surface area contributed by atoms with E-state index in [4.69, 9.17) is 29.6 Å². The summed E-state index contributed by atoms with van der Waals surface area (Å²) in [4.78, 5) is 2.48. The summed E-state index contributed by atoms with van der Waals surface area (Å²) >= 11 is 11.1. The lowest BCUT2D eigenvalue weighted by Crippen LogP contribution is -2.38. The minimum absolute atomic E-state index is 0.0932. The fourth-order valence-corrected chi connectivity index (χ4v) is 2.63. The number of anilines is 1. The van der Waals surface area contributed by atoms with Crippen molar-refractivity contribution in [3.8, 4) is 0 Å². The molecule has 0 fully saturated rings. The van der Waals surface area contributed by atoms with Crippen molar-refractivity contribution in [3.05, 3.63) is 28.8 Å². The number of thiocarbonyl (C=S) groups is 1. The lowest BCUT2D eigenvalue weighted by atomic mass is 10.1. The van der Waals surface area contributed by atoms with Gasteiger partial charge in [-0.05, 0) is 31.0 Å². The molecule has 0 bridgehead atoms. The lowest BCUT2D eigenvalue weighted by Gasteiger charge is -2.33. The molecule has 106 valence electrons. The number of halogens is 1. The minimum Gasteiger partial charge on any atom is -0.395 e. The van der Waals surface area contributed by atoms with E-state index in [2.05, 4.69) is 18.7 Å². The maximum atomic E-state index is 9.29. The second kappa shape index (κ2) is 7.68. The summed E-state index contributed by atoms with van der Waals surface area (Å²) in [6, 6.07) is 5.88. The summed E-state index contributed by atoms with van der Waals surface area (Å²) in [5, 5.41) is 9.90. The van der Waals surface area contributed by atoms with Gasteiger partial charge in [0.25, 0.3) is 0 Å². The standard InChI is InChI=1S/C14H21ClN2OS/c1-3-11(4-2)17(7-8-18)13-6-5-10(15)9-12(13)14(16)19/h5-6,9,11,18H,3-4,7-8H2,1-2H3,(H2,16,19). The van der Waals surface area contributed by atoms with Crippen LogP contribution in [0.1, 0.15) is 32.3 Å². The first-order chi connectivity index (χ1) is 9.04. The number of hydrogen-bond donors (Lipinski definition) is 2. The van der Waals surface area contributed by atoms with E-state index in [1.54, 1.807) is 6.07 Å². The lowest BCUT2D eigenvalue weighted by molar-refractivity contribution is 0.296. The zero-order chi connectivity index (χ0) is 14.4. The Hall–Kier alpha value is -0.840. The molecule has 0 unspecified atom stereocenters. The second-order valence-corrected chi connectivity index (χ2v) is 5.29. The van der Waals surface area contributed by atoms with Crippen LogP contribution in [-0.2, 0) is 0 Å². The molecule has 0 heterocycles. The SMILES string of the molecule is CCC(CC)N(CCO)c1ccc(Cl)cc1C(N)=S. The Morgan fingerprint density at radius 3 is 2.53 bits per heavy atom. The Morgan fingerprint density at radius 1 is 1.42 bits per heavy atom. The van der Waals surface area contributed by atoms with Crippen molar-refractivity contribution >= 4 is 34.5 Å². The molecule has 0 radical (unpaired) electrons. The third-order valence-corrected chi connectivity index (χ3v) is 3.71. The molecule has 1 aromatic carbocycles. The van der Waals surface area contributed by atoms with Crippen LogP contribution in [0.15, 0.2) is 18.2 Å². The van der Waals surface area contributed by atoms with Crippen LogP contribution in [0.25, 0.3) is 0 Å². The molecule has 0 aliphatic carbocycles. The molecule has 0 aliphatic rings. The highest BCUT2D eigenvalue weighted by Crippen LogP contribution is 2.27. The zero-order valence-electron chi connectivity index (χ0n) is 11.4. The average molecular weight is 301 g/mol. The Labute approximate surface area is 125 Å². The Morgan fingerprint density at radius 2 is 2.05 bits per heavy atom. The van der Waals surface area contributed by atoms with Gasteiger partial charge in [0.2, 0.25) is 0 Å². The van der Waals surface area contributed by atoms with Gasteiger partial charge in [-0.3, -0.25) is 0 Å². The van der Waals surface area contributed by atoms with Gasteiger partial charge in [0.1, 0.15) is 4.99 Å². The van der Waals surface area contributed by atoms with Gasteiger partial charge < -0.3 is 15.7 Å². The Balaban J connectivity index is 3.25. The second-order valence-electron chi connectivity index (χ2n) is 4.41. The summed E-state index contributed by atoms with van der Waals surface area (Å²) in [6.07, 6.45) is 1.99. The molecular weight excluding hydrogens is 280 g/mol. The molecule has 19 heavy (non-hydrogen) atoms. The monoisotopic (exact) mass is 300 g/mol. The van der Waals surface area contributed by atoms with Crippen molar-refractivity contribution in [1.82, 2.24) is 0 Å². The van der Waals surface area contributed by atoms with Crippen LogP contribution in [0.2, 0.25) is 5.02 Å². The molecule has 3 nitrogen and oxygen atoms in total. The van der Waals surface area contributed by atoms with Crippen LogP contribution in [0, 0.1) is 0 Å². The molecule has 0 amide bonds. The van der Waals surface area contributed by atoms with Crippen molar-refractivity contribution in [2.45, 2.75) is 32.7 Å². The van der Waals surface area contributed by atoms with Gasteiger partial charge in [-0.15, -0.1) is 0 Å². The molecule has 0 saturated carbocycles. The molecular formula is C14H21ClN2OS. The molecule has 5 heteroatoms. The highest BCUT2D eigenvalue weighted by atomic mass is 35.5. The van der Waals surface area contributed by atoms with E-state index in [0.717, 1.165) is 24.1 Å². The minimum atomic E-state index is 0.0932. The van der Waals surface area contributed by atoms with Gasteiger partial charge in [-0.1, -0.05) is 37.7 Å². The summed E-state index contributed by atoms with van der Waals surface area (Å²) in [6.45, 7) is 4.92. The van der Waals surface area contributed by atoms with Crippen LogP contribution in [0.5, 0.6) is 0 Å². The largest absolute Gasteiger partial charge is 0.395 e. The van der Waals surface area contributed by atoms with E-state index in [0.29, 0.717) is 22.6 Å². The van der Waals surface area contributed by atoms with Crippen LogP contribution >= 0.6 is 23.8 Å². The van der Waals surface area contributed by atoms with Gasteiger partial charge >= 0.3 is 0 Å². The normalized spacial score (nSPS) is 10.8. The smallest absolute Gasteiger partial charge is 0.106 e. The van der Waals surface area contributed by atoms with E-state index in [9.17, 15) is 5.11 Å². The number of nitrogens with zero attached hydrogens (tertiary/aromatic N) is 1. The fourth-order valence-electron chi connectivity index (χ4n) is 2.29. The first-order valence-electron chi connectivity index (χ1n) is 6.51. The van der Waals surface area contributed by atoms with Crippen LogP contribution < -0.4 is 10.6 Å². The van der Waals surface area contributed by atoms with E-state index < -0.39 is 0 Å². The van der Waals surface area contributed by atoms with Gasteiger partial charge in [0.05, 0.1) is 6.61 Å². The zero-order valence-corrected chi connectivity index (χ0v) is 13.0. The Kier molecular flexibility index (Phi) is 6.55. The van der Waals surface area contributed by atoms with E-state index in [1.165, 1.54) is 0 Å². The fraction of sp³-hybridized carbons (Fsp3) is 0.500. The summed E-state index contributed by atoms with van der Waals surface area (Å²) in [7, 11) is 0. The van der Waals surface area contributed by atoms with Crippen LogP contribution in [0.4, 0.5) is 5.69 Å². The maximum Gasteiger partial charge on any atom is 0.106 e. The molecule has 0 spiro atoms. The van der Waals surface area contributed by atoms with E-state index in [-0.39, 0.29) is 6.61 Å². The van der Waals surface area contributed by atoms with Crippen molar-refractivity contribution in [2.75, 3.05) is 18.1 Å². The number of hydrogen-bond acceptors (Lipinski definition) is 3. The molecule has 3 N–H and O–H groups in total. The van der Waals surface area contributed by atoms with Crippen molar-refractivity contribution < 1.29 is 5.11 Å². The number of aliphatic hydroxyl groups is 1. The molecule has 1 rings (SSSR count). The highest BCUT2D eigenvalue weighted by molar-refractivity contribution is 7.80. The topological polar surface area (TPSA) is 49.5 Å². The molecule has 0 aromatic heterocycles. The predicted octanol–water partition coefficient (Wildman–Crippen LogP) is 2.96. The van der Waals surface area contributed by atoms with Crippen molar-refractivity contribution in [3.63, 3.8) is 0 Å². The van der Waals surface area contributed by atoms with E-state index in [1.807, 2.05) is 12.1 Å². The summed E-state index contributed by atoms with van der Waals surface area (Å²) < 4.78 is 0. The van der Waals surface area contributed by atoms with Gasteiger partial charge in [-0.25, -0.2) is 0 Å². The van der Waals surface area contributed by atoms with Crippen LogP contribution in [-0.4, -0.2) is 29.3 Å². The van der Waals surface area contributed by atoms with Crippen molar-refractivity contribution in [1.29, 1.82) is 0 Å². The first kappa shape index (κ1) is 16.2. The van der Waals surface area contributed by atoms with Crippen LogP contribution in [0.3, 0.4) is 0 Å². The molecule has 0 aliphatic heterocycles. The number of nitrogens with two attached hydrogens (primary N) is 1. The first-order valence-corrected chi connectivity index (χ1v) is 7.30. The van der Waals surface area contributed by atoms with Gasteiger partial charge in [0, 0.05) is 28.9 Å². The third-order valence-electron chi connectivity index (χ3n) is 3.26. The highest BCUT2D eigenvalue weighted by Gasteiger charge is 2.19. The summed E-state index contributed by atoms with van der Waals surface area (Å²) in [5.41, 5.74) is 7.49. The number of rotatable bonds is 7. The number of aliphatic hydroxyl groups excluding tert-OH is 1.